The van der Waals surface area contributed by atoms with Crippen LogP contribution in [0.25, 0.3) is 23.0 Å². The van der Waals surface area contributed by atoms with Crippen molar-refractivity contribution in [2.45, 2.75) is 11.8 Å². The number of aryl methyl sites for hydroxylation is 1. The zero-order valence-electron chi connectivity index (χ0n) is 24.1. The van der Waals surface area contributed by atoms with Crippen molar-refractivity contribution in [3.8, 4) is 22.7 Å². The third-order valence-electron chi connectivity index (χ3n) is 7.01. The number of carbonyl (C=O) groups is 1. The number of amides is 1. The summed E-state index contributed by atoms with van der Waals surface area (Å²) < 4.78 is 7.65. The molecule has 0 radical (unpaired) electrons. The van der Waals surface area contributed by atoms with E-state index < -0.39 is 0 Å². The molecule has 0 spiro atoms. The lowest BCUT2D eigenvalue weighted by Gasteiger charge is -2.11. The van der Waals surface area contributed by atoms with Crippen LogP contribution in [0, 0.1) is 6.92 Å². The van der Waals surface area contributed by atoms with Gasteiger partial charge >= 0.3 is 0 Å². The van der Waals surface area contributed by atoms with Crippen LogP contribution in [-0.4, -0.2) is 33.8 Å². The van der Waals surface area contributed by atoms with Crippen LogP contribution in [0.3, 0.4) is 0 Å². The van der Waals surface area contributed by atoms with Crippen molar-refractivity contribution < 1.29 is 9.53 Å². The van der Waals surface area contributed by atoms with Crippen LogP contribution in [0.15, 0.2) is 138 Å². The second kappa shape index (κ2) is 13.2. The van der Waals surface area contributed by atoms with Gasteiger partial charge in [-0.1, -0.05) is 60.7 Å². The molecule has 0 aliphatic carbocycles. The molecule has 4 aromatic carbocycles. The summed E-state index contributed by atoms with van der Waals surface area (Å²) in [5, 5.41) is 11.9. The van der Waals surface area contributed by atoms with Gasteiger partial charge in [0.25, 0.3) is 5.91 Å². The van der Waals surface area contributed by atoms with Gasteiger partial charge in [-0.05, 0) is 85.3 Å². The number of hydrazone groups is 1. The second-order valence-corrected chi connectivity index (χ2v) is 11.6. The van der Waals surface area contributed by atoms with Crippen molar-refractivity contribution in [1.29, 1.82) is 0 Å². The summed E-state index contributed by atoms with van der Waals surface area (Å²) >= 11 is 7.70. The first-order valence-corrected chi connectivity index (χ1v) is 15.4. The fraction of sp³-hybridized carbons (Fsp3) is 0.0833. The highest BCUT2D eigenvalue weighted by Gasteiger charge is 2.31. The lowest BCUT2D eigenvalue weighted by molar-refractivity contribution is -0.114. The monoisotopic (exact) mass is 616 g/mol. The number of anilines is 1. The molecule has 1 aliphatic rings. The average Bonchev–Trinajstić information content (AvgIpc) is 3.62. The van der Waals surface area contributed by atoms with E-state index in [9.17, 15) is 4.79 Å². The van der Waals surface area contributed by atoms with Crippen molar-refractivity contribution in [3.63, 3.8) is 0 Å². The summed E-state index contributed by atoms with van der Waals surface area (Å²) in [6.07, 6.45) is 5.59. The number of para-hydroxylation sites is 2. The maximum atomic E-state index is 14.0. The number of thioether (sulfide) groups is 1. The Morgan fingerprint density at radius 2 is 1.64 bits per heavy atom. The van der Waals surface area contributed by atoms with Crippen LogP contribution >= 0.6 is 23.4 Å². The molecule has 1 aromatic heterocycles. The SMILES string of the molecule is C=CCOc1ccc(-c2nn(-c3ccccc3)cc2C=C2C(=O)N(c3ccccc3)N=C2CSc2ccc(Cl)cc2)cc1C. The number of carbonyl (C=O) groups excluding carboxylic acids is 1. The van der Waals surface area contributed by atoms with Crippen LogP contribution in [0.5, 0.6) is 5.75 Å². The van der Waals surface area contributed by atoms with Crippen LogP contribution in [0.1, 0.15) is 11.1 Å². The summed E-state index contributed by atoms with van der Waals surface area (Å²) in [7, 11) is 0. The summed E-state index contributed by atoms with van der Waals surface area (Å²) in [5.74, 6) is 1.10. The van der Waals surface area contributed by atoms with Gasteiger partial charge in [-0.2, -0.15) is 15.2 Å². The molecule has 0 N–H and O–H groups in total. The largest absolute Gasteiger partial charge is 0.489 e. The molecule has 0 atom stereocenters. The van der Waals surface area contributed by atoms with Gasteiger partial charge < -0.3 is 4.74 Å². The number of hydrogen-bond donors (Lipinski definition) is 0. The topological polar surface area (TPSA) is 59.7 Å². The summed E-state index contributed by atoms with van der Waals surface area (Å²) in [6.45, 7) is 6.17. The van der Waals surface area contributed by atoms with Gasteiger partial charge in [0.15, 0.2) is 0 Å². The first kappa shape index (κ1) is 29.2. The molecular weight excluding hydrogens is 588 g/mol. The zero-order valence-corrected chi connectivity index (χ0v) is 25.6. The standard InChI is InChI=1S/C36H29ClN4O2S/c1-3-20-43-34-19-14-26(21-25(34)2)35-27(23-40(39-35)29-10-6-4-7-11-29)22-32-33(24-44-31-17-15-28(37)16-18-31)38-41(36(32)42)30-12-8-5-9-13-30/h3-19,21-23H,1,20,24H2,2H3. The Labute approximate surface area is 265 Å². The molecule has 0 saturated heterocycles. The van der Waals surface area contributed by atoms with Gasteiger partial charge in [0.2, 0.25) is 0 Å². The minimum absolute atomic E-state index is 0.189. The molecular formula is C36H29ClN4O2S. The van der Waals surface area contributed by atoms with Crippen LogP contribution in [-0.2, 0) is 4.79 Å². The first-order valence-electron chi connectivity index (χ1n) is 14.1. The minimum Gasteiger partial charge on any atom is -0.489 e. The van der Waals surface area contributed by atoms with Crippen molar-refractivity contribution in [1.82, 2.24) is 9.78 Å². The highest BCUT2D eigenvalue weighted by atomic mass is 35.5. The normalized spacial score (nSPS) is 13.8. The van der Waals surface area contributed by atoms with Gasteiger partial charge in [0, 0.05) is 33.0 Å². The van der Waals surface area contributed by atoms with E-state index in [1.165, 1.54) is 5.01 Å². The second-order valence-electron chi connectivity index (χ2n) is 10.1. The van der Waals surface area contributed by atoms with Crippen molar-refractivity contribution in [2.24, 2.45) is 5.10 Å². The highest BCUT2D eigenvalue weighted by molar-refractivity contribution is 8.00. The average molecular weight is 617 g/mol. The molecule has 0 fully saturated rings. The Balaban J connectivity index is 1.43. The first-order chi connectivity index (χ1) is 21.5. The van der Waals surface area contributed by atoms with E-state index in [1.54, 1.807) is 17.8 Å². The number of benzene rings is 4. The quantitative estimate of drug-likeness (QED) is 0.0895. The van der Waals surface area contributed by atoms with Crippen molar-refractivity contribution in [3.05, 3.63) is 144 Å². The number of ether oxygens (including phenoxy) is 1. The summed E-state index contributed by atoms with van der Waals surface area (Å²) in [5.41, 5.74) is 6.26. The number of halogens is 1. The van der Waals surface area contributed by atoms with E-state index in [-0.39, 0.29) is 5.91 Å². The Morgan fingerprint density at radius 3 is 2.32 bits per heavy atom. The number of nitrogens with zero attached hydrogens (tertiary/aromatic N) is 4. The predicted octanol–water partition coefficient (Wildman–Crippen LogP) is 8.64. The van der Waals surface area contributed by atoms with Gasteiger partial charge in [0.05, 0.1) is 28.4 Å². The molecule has 44 heavy (non-hydrogen) atoms. The van der Waals surface area contributed by atoms with Crippen LogP contribution in [0.4, 0.5) is 5.69 Å². The van der Waals surface area contributed by atoms with E-state index in [1.807, 2.05) is 121 Å². The third kappa shape index (κ3) is 6.39. The maximum absolute atomic E-state index is 14.0. The van der Waals surface area contributed by atoms with E-state index in [0.717, 1.165) is 38.7 Å². The third-order valence-corrected chi connectivity index (χ3v) is 8.29. The molecule has 8 heteroatoms. The smallest absolute Gasteiger partial charge is 0.280 e. The van der Waals surface area contributed by atoms with E-state index in [2.05, 4.69) is 12.6 Å². The Hall–Kier alpha value is -4.85. The number of rotatable bonds is 10. The predicted molar refractivity (Wildman–Crippen MR) is 181 cm³/mol. The molecule has 6 rings (SSSR count). The summed E-state index contributed by atoms with van der Waals surface area (Å²) in [4.78, 5) is 15.0. The minimum atomic E-state index is -0.189. The Bertz CT molecular complexity index is 1870. The van der Waals surface area contributed by atoms with Gasteiger partial charge in [-0.25, -0.2) is 4.68 Å². The van der Waals surface area contributed by atoms with Crippen LogP contribution < -0.4 is 9.75 Å². The number of hydrogen-bond acceptors (Lipinski definition) is 5. The molecule has 0 saturated carbocycles. The molecule has 1 aliphatic heterocycles. The Kier molecular flexibility index (Phi) is 8.77. The van der Waals surface area contributed by atoms with E-state index in [0.29, 0.717) is 34.4 Å². The lowest BCUT2D eigenvalue weighted by atomic mass is 10.0. The molecule has 2 heterocycles. The van der Waals surface area contributed by atoms with Gasteiger partial charge in [-0.15, -0.1) is 11.8 Å². The molecule has 5 aromatic rings. The van der Waals surface area contributed by atoms with E-state index >= 15 is 0 Å². The molecule has 0 unspecified atom stereocenters. The fourth-order valence-electron chi connectivity index (χ4n) is 4.83. The van der Waals surface area contributed by atoms with Crippen LogP contribution in [0.2, 0.25) is 5.02 Å². The fourth-order valence-corrected chi connectivity index (χ4v) is 5.80. The molecule has 218 valence electrons. The van der Waals surface area contributed by atoms with Crippen molar-refractivity contribution >= 4 is 46.7 Å². The van der Waals surface area contributed by atoms with E-state index in [4.69, 9.17) is 26.5 Å². The molecule has 0 bridgehead atoms. The zero-order chi connectivity index (χ0) is 30.5. The summed E-state index contributed by atoms with van der Waals surface area (Å²) in [6, 6.07) is 33.0. The molecule has 6 nitrogen and oxygen atoms in total. The Morgan fingerprint density at radius 1 is 0.932 bits per heavy atom. The molecule has 1 amide bonds. The highest BCUT2D eigenvalue weighted by Crippen LogP contribution is 2.33. The lowest BCUT2D eigenvalue weighted by Crippen LogP contribution is -2.21. The maximum Gasteiger partial charge on any atom is 0.280 e. The number of aromatic nitrogens is 2. The van der Waals surface area contributed by atoms with Gasteiger partial charge in [-0.3, -0.25) is 4.79 Å². The van der Waals surface area contributed by atoms with Crippen molar-refractivity contribution in [2.75, 3.05) is 17.4 Å². The van der Waals surface area contributed by atoms with Gasteiger partial charge in [0.1, 0.15) is 12.4 Å².